The van der Waals surface area contributed by atoms with Crippen LogP contribution in [0.1, 0.15) is 10.5 Å². The molecule has 0 aliphatic rings. The predicted molar refractivity (Wildman–Crippen MR) is 131 cm³/mol. The number of carbonyl (C=O) groups excluding carboxylic acids is 3. The van der Waals surface area contributed by atoms with Gasteiger partial charge in [-0.3, -0.25) is 19.8 Å². The summed E-state index contributed by atoms with van der Waals surface area (Å²) in [5.74, 6) is -4.77. The maximum Gasteiger partial charge on any atom is 0.328 e. The molecule has 3 amide bonds. The average Bonchev–Trinajstić information content (AvgIpc) is 3.14. The Morgan fingerprint density at radius 3 is 2.18 bits per heavy atom. The summed E-state index contributed by atoms with van der Waals surface area (Å²) in [6.45, 7) is 0. The van der Waals surface area contributed by atoms with E-state index in [1.54, 1.807) is 48.5 Å². The first-order chi connectivity index (χ1) is 16.2. The van der Waals surface area contributed by atoms with Crippen LogP contribution in [0.4, 0.5) is 20.2 Å². The molecule has 3 N–H and O–H groups in total. The van der Waals surface area contributed by atoms with Crippen LogP contribution in [0.3, 0.4) is 0 Å². The van der Waals surface area contributed by atoms with Gasteiger partial charge in [-0.1, -0.05) is 31.9 Å². The van der Waals surface area contributed by atoms with Crippen molar-refractivity contribution in [1.82, 2.24) is 4.68 Å². The second-order valence-electron chi connectivity index (χ2n) is 7.05. The van der Waals surface area contributed by atoms with Gasteiger partial charge >= 0.3 is 11.8 Å². The molecule has 0 saturated heterocycles. The fourth-order valence-electron chi connectivity index (χ4n) is 3.12. The molecule has 0 fully saturated rings. The van der Waals surface area contributed by atoms with E-state index in [4.69, 9.17) is 0 Å². The van der Waals surface area contributed by atoms with E-state index in [9.17, 15) is 23.2 Å². The lowest BCUT2D eigenvalue weighted by atomic mass is 10.2. The van der Waals surface area contributed by atoms with Crippen molar-refractivity contribution in [3.63, 3.8) is 0 Å². The Morgan fingerprint density at radius 1 is 0.765 bits per heavy atom. The molecule has 1 heterocycles. The van der Waals surface area contributed by atoms with Gasteiger partial charge in [0.05, 0.1) is 11.2 Å². The van der Waals surface area contributed by atoms with E-state index in [1.165, 1.54) is 4.68 Å². The number of benzene rings is 3. The van der Waals surface area contributed by atoms with Crippen molar-refractivity contribution >= 4 is 71.9 Å². The second kappa shape index (κ2) is 9.74. The fraction of sp³-hybridized carbons (Fsp3) is 0. The topological polar surface area (TPSA) is 92.2 Å². The monoisotopic (exact) mass is 590 g/mol. The Balaban J connectivity index is 1.62. The van der Waals surface area contributed by atoms with Gasteiger partial charge in [0.2, 0.25) is 0 Å². The first-order valence-electron chi connectivity index (χ1n) is 9.66. The largest absolute Gasteiger partial charge is 0.328 e. The summed E-state index contributed by atoms with van der Waals surface area (Å²) in [5.41, 5.74) is 3.01. The highest BCUT2D eigenvalue weighted by molar-refractivity contribution is 9.10. The van der Waals surface area contributed by atoms with Gasteiger partial charge in [-0.05, 0) is 60.7 Å². The Labute approximate surface area is 208 Å². The lowest BCUT2D eigenvalue weighted by Gasteiger charge is -2.13. The zero-order chi connectivity index (χ0) is 24.4. The molecule has 0 bridgehead atoms. The van der Waals surface area contributed by atoms with E-state index in [1.807, 2.05) is 0 Å². The maximum absolute atomic E-state index is 13.8. The summed E-state index contributed by atoms with van der Waals surface area (Å²) >= 11 is 6.68. The van der Waals surface area contributed by atoms with Gasteiger partial charge in [0.15, 0.2) is 0 Å². The molecule has 3 aromatic carbocycles. The van der Waals surface area contributed by atoms with Gasteiger partial charge in [-0.25, -0.2) is 13.5 Å². The molecule has 7 nitrogen and oxygen atoms in total. The van der Waals surface area contributed by atoms with E-state index in [2.05, 4.69) is 47.9 Å². The van der Waals surface area contributed by atoms with E-state index in [0.29, 0.717) is 22.7 Å². The van der Waals surface area contributed by atoms with E-state index in [0.717, 1.165) is 21.1 Å². The Bertz CT molecular complexity index is 1440. The molecule has 172 valence electrons. The van der Waals surface area contributed by atoms with Crippen LogP contribution in [0, 0.1) is 11.6 Å². The molecule has 11 heteroatoms. The summed E-state index contributed by atoms with van der Waals surface area (Å²) in [5, 5.41) is 5.42. The highest BCUT2D eigenvalue weighted by Crippen LogP contribution is 2.24. The predicted octanol–water partition coefficient (Wildman–Crippen LogP) is 5.41. The van der Waals surface area contributed by atoms with Crippen molar-refractivity contribution in [2.75, 3.05) is 16.1 Å². The lowest BCUT2D eigenvalue weighted by molar-refractivity contribution is -0.133. The minimum absolute atomic E-state index is 0.0464. The van der Waals surface area contributed by atoms with Gasteiger partial charge < -0.3 is 10.6 Å². The van der Waals surface area contributed by atoms with Crippen LogP contribution in [0.2, 0.25) is 0 Å². The number of fused-ring (bicyclic) bond motifs is 1. The quantitative estimate of drug-likeness (QED) is 0.277. The standard InChI is InChI=1S/C23H14Br2F2N4O3/c24-13-1-5-16(6-2-13)28-21(32)20-10-12-9-14(25)3-8-19(12)31(20)30-23(34)22(33)29-18-7-4-15(26)11-17(18)27/h1-11H,(H,28,32)(H,29,33)(H,30,34). The highest BCUT2D eigenvalue weighted by Gasteiger charge is 2.22. The lowest BCUT2D eigenvalue weighted by Crippen LogP contribution is -2.36. The Hall–Kier alpha value is -3.57. The number of nitrogens with one attached hydrogen (secondary N) is 3. The minimum Gasteiger partial charge on any atom is -0.321 e. The normalized spacial score (nSPS) is 10.7. The highest BCUT2D eigenvalue weighted by atomic mass is 79.9. The number of nitrogens with zero attached hydrogens (tertiary/aromatic N) is 1. The van der Waals surface area contributed by atoms with Crippen molar-refractivity contribution < 1.29 is 23.2 Å². The van der Waals surface area contributed by atoms with Crippen LogP contribution >= 0.6 is 31.9 Å². The number of rotatable bonds is 4. The summed E-state index contributed by atoms with van der Waals surface area (Å²) in [6, 6.07) is 16.0. The van der Waals surface area contributed by atoms with Crippen molar-refractivity contribution in [2.24, 2.45) is 0 Å². The maximum atomic E-state index is 13.8. The van der Waals surface area contributed by atoms with Crippen LogP contribution in [-0.4, -0.2) is 22.4 Å². The minimum atomic E-state index is -1.20. The molecule has 1 aromatic heterocycles. The van der Waals surface area contributed by atoms with Crippen molar-refractivity contribution in [2.45, 2.75) is 0 Å². The van der Waals surface area contributed by atoms with E-state index >= 15 is 0 Å². The van der Waals surface area contributed by atoms with Crippen molar-refractivity contribution in [1.29, 1.82) is 0 Å². The first-order valence-corrected chi connectivity index (χ1v) is 11.2. The van der Waals surface area contributed by atoms with Gasteiger partial charge in [-0.2, -0.15) is 0 Å². The molecule has 0 saturated carbocycles. The van der Waals surface area contributed by atoms with Gasteiger partial charge in [0.1, 0.15) is 17.3 Å². The number of hydrogen-bond donors (Lipinski definition) is 3. The smallest absolute Gasteiger partial charge is 0.321 e. The van der Waals surface area contributed by atoms with Crippen molar-refractivity contribution in [3.8, 4) is 0 Å². The summed E-state index contributed by atoms with van der Waals surface area (Å²) < 4.78 is 29.7. The van der Waals surface area contributed by atoms with Gasteiger partial charge in [0, 0.05) is 26.1 Å². The van der Waals surface area contributed by atoms with Crippen LogP contribution in [-0.2, 0) is 9.59 Å². The number of halogens is 4. The molecule has 0 atom stereocenters. The number of aromatic nitrogens is 1. The van der Waals surface area contributed by atoms with Crippen LogP contribution in [0.25, 0.3) is 10.9 Å². The van der Waals surface area contributed by atoms with Crippen LogP contribution in [0.5, 0.6) is 0 Å². The first kappa shape index (κ1) is 23.6. The van der Waals surface area contributed by atoms with Crippen molar-refractivity contribution in [3.05, 3.63) is 93.0 Å². The number of hydrogen-bond acceptors (Lipinski definition) is 3. The van der Waals surface area contributed by atoms with E-state index < -0.39 is 29.4 Å². The average molecular weight is 592 g/mol. The van der Waals surface area contributed by atoms with Gasteiger partial charge in [-0.15, -0.1) is 0 Å². The fourth-order valence-corrected chi connectivity index (χ4v) is 3.77. The Kier molecular flexibility index (Phi) is 6.75. The Morgan fingerprint density at radius 2 is 1.47 bits per heavy atom. The molecule has 0 aliphatic carbocycles. The van der Waals surface area contributed by atoms with E-state index in [-0.39, 0.29) is 11.4 Å². The van der Waals surface area contributed by atoms with Crippen LogP contribution < -0.4 is 16.1 Å². The summed E-state index contributed by atoms with van der Waals surface area (Å²) in [7, 11) is 0. The zero-order valence-corrected chi connectivity index (χ0v) is 20.2. The number of carbonyl (C=O) groups is 3. The van der Waals surface area contributed by atoms with Crippen LogP contribution in [0.15, 0.2) is 75.7 Å². The molecule has 4 rings (SSSR count). The molecule has 0 radical (unpaired) electrons. The summed E-state index contributed by atoms with van der Waals surface area (Å²) in [4.78, 5) is 37.9. The molecular formula is C23H14Br2F2N4O3. The third-order valence-electron chi connectivity index (χ3n) is 4.70. The molecular weight excluding hydrogens is 578 g/mol. The molecule has 0 spiro atoms. The molecule has 0 aliphatic heterocycles. The third-order valence-corrected chi connectivity index (χ3v) is 5.72. The summed E-state index contributed by atoms with van der Waals surface area (Å²) in [6.07, 6.45) is 0. The molecule has 4 aromatic rings. The molecule has 0 unspecified atom stereocenters. The third kappa shape index (κ3) is 5.15. The number of amides is 3. The zero-order valence-electron chi connectivity index (χ0n) is 17.0. The van der Waals surface area contributed by atoms with Gasteiger partial charge in [0.25, 0.3) is 5.91 Å². The SMILES string of the molecule is O=C(Nc1ccc(F)cc1F)C(=O)Nn1c(C(=O)Nc2ccc(Br)cc2)cc2cc(Br)ccc21. The number of anilines is 2. The second-order valence-corrected chi connectivity index (χ2v) is 8.88. The molecule has 34 heavy (non-hydrogen) atoms.